The first-order chi connectivity index (χ1) is 6.96. The molecule has 0 bridgehead atoms. The molecule has 0 saturated heterocycles. The van der Waals surface area contributed by atoms with Gasteiger partial charge < -0.3 is 4.74 Å². The summed E-state index contributed by atoms with van der Waals surface area (Å²) in [6.07, 6.45) is -4.63. The van der Waals surface area contributed by atoms with Crippen LogP contribution in [0.1, 0.15) is 4.88 Å². The molecule has 1 nitrogen and oxygen atoms in total. The summed E-state index contributed by atoms with van der Waals surface area (Å²) in [6, 6.07) is 4.37. The van der Waals surface area contributed by atoms with Crippen LogP contribution in [0.4, 0.5) is 13.2 Å². The molecule has 0 amide bonds. The van der Waals surface area contributed by atoms with Crippen molar-refractivity contribution in [1.29, 1.82) is 0 Å². The molecule has 2 aromatic rings. The summed E-state index contributed by atoms with van der Waals surface area (Å²) >= 11 is 1.51. The predicted molar refractivity (Wildman–Crippen MR) is 53.2 cm³/mol. The average Bonchev–Trinajstić information content (AvgIpc) is 2.45. The Balaban J connectivity index is 2.39. The van der Waals surface area contributed by atoms with Gasteiger partial charge in [-0.25, -0.2) is 0 Å². The van der Waals surface area contributed by atoms with E-state index in [2.05, 4.69) is 4.74 Å². The second-order valence-electron chi connectivity index (χ2n) is 3.09. The number of hydrogen-bond acceptors (Lipinski definition) is 2. The molecule has 5 heteroatoms. The predicted octanol–water partition coefficient (Wildman–Crippen LogP) is 4.11. The molecule has 2 rings (SSSR count). The van der Waals surface area contributed by atoms with E-state index in [1.54, 1.807) is 6.07 Å². The molecule has 0 aliphatic heterocycles. The minimum Gasteiger partial charge on any atom is -0.406 e. The summed E-state index contributed by atoms with van der Waals surface area (Å²) < 4.78 is 39.6. The normalized spacial score (nSPS) is 12.0. The zero-order valence-corrected chi connectivity index (χ0v) is 8.58. The summed E-state index contributed by atoms with van der Waals surface area (Å²) in [5.41, 5.74) is 0. The monoisotopic (exact) mass is 232 g/mol. The van der Waals surface area contributed by atoms with Gasteiger partial charge in [0.25, 0.3) is 0 Å². The first-order valence-corrected chi connectivity index (χ1v) is 5.07. The van der Waals surface area contributed by atoms with Crippen LogP contribution in [0.2, 0.25) is 0 Å². The lowest BCUT2D eigenvalue weighted by Crippen LogP contribution is -2.16. The van der Waals surface area contributed by atoms with Crippen molar-refractivity contribution in [2.75, 3.05) is 0 Å². The Morgan fingerprint density at radius 2 is 2.00 bits per heavy atom. The van der Waals surface area contributed by atoms with Crippen molar-refractivity contribution in [2.24, 2.45) is 0 Å². The molecule has 0 atom stereocenters. The maximum Gasteiger partial charge on any atom is 0.573 e. The number of benzene rings is 1. The van der Waals surface area contributed by atoms with E-state index in [1.807, 2.05) is 12.3 Å². The maximum atomic E-state index is 11.9. The van der Waals surface area contributed by atoms with Gasteiger partial charge in [0.05, 0.1) is 0 Å². The highest BCUT2D eigenvalue weighted by Gasteiger charge is 2.31. The number of hydrogen-bond donors (Lipinski definition) is 0. The van der Waals surface area contributed by atoms with E-state index in [0.29, 0.717) is 0 Å². The molecule has 0 fully saturated rings. The smallest absolute Gasteiger partial charge is 0.406 e. The molecule has 0 saturated carbocycles. The van der Waals surface area contributed by atoms with E-state index in [4.69, 9.17) is 0 Å². The molecule has 0 radical (unpaired) electrons. The van der Waals surface area contributed by atoms with E-state index in [9.17, 15) is 13.2 Å². The quantitative estimate of drug-likeness (QED) is 0.719. The van der Waals surface area contributed by atoms with Gasteiger partial charge in [0.15, 0.2) is 0 Å². The van der Waals surface area contributed by atoms with Gasteiger partial charge in [0.1, 0.15) is 5.75 Å². The Kier molecular flexibility index (Phi) is 2.34. The highest BCUT2D eigenvalue weighted by atomic mass is 32.1. The molecule has 15 heavy (non-hydrogen) atoms. The van der Waals surface area contributed by atoms with Crippen molar-refractivity contribution in [3.63, 3.8) is 0 Å². The Hall–Kier alpha value is -1.23. The fourth-order valence-electron chi connectivity index (χ4n) is 1.37. The molecule has 1 aromatic carbocycles. The fraction of sp³-hybridized carbons (Fsp3) is 0.200. The summed E-state index contributed by atoms with van der Waals surface area (Å²) in [6.45, 7) is 1.93. The Bertz CT molecular complexity index is 487. The third-order valence-corrected chi connectivity index (χ3v) is 2.94. The van der Waals surface area contributed by atoms with Crippen molar-refractivity contribution in [1.82, 2.24) is 0 Å². The first kappa shape index (κ1) is 10.3. The van der Waals surface area contributed by atoms with E-state index >= 15 is 0 Å². The lowest BCUT2D eigenvalue weighted by Gasteiger charge is -2.08. The average molecular weight is 232 g/mol. The Morgan fingerprint density at radius 1 is 1.27 bits per heavy atom. The van der Waals surface area contributed by atoms with Crippen molar-refractivity contribution in [3.05, 3.63) is 28.5 Å². The second-order valence-corrected chi connectivity index (χ2v) is 4.17. The Labute approximate surface area is 88.1 Å². The Morgan fingerprint density at radius 3 is 2.67 bits per heavy atom. The lowest BCUT2D eigenvalue weighted by molar-refractivity contribution is -0.274. The SMILES string of the molecule is Cc1scc2cc(OC(F)(F)F)ccc12. The summed E-state index contributed by atoms with van der Waals surface area (Å²) in [5.74, 6) is -0.173. The van der Waals surface area contributed by atoms with Crippen LogP contribution < -0.4 is 4.74 Å². The molecule has 80 valence electrons. The molecule has 0 aliphatic carbocycles. The van der Waals surface area contributed by atoms with Crippen LogP contribution in [0, 0.1) is 6.92 Å². The zero-order chi connectivity index (χ0) is 11.1. The minimum absolute atomic E-state index is 0.173. The van der Waals surface area contributed by atoms with Crippen LogP contribution in [0.5, 0.6) is 5.75 Å². The number of fused-ring (bicyclic) bond motifs is 1. The van der Waals surface area contributed by atoms with Crippen LogP contribution in [0.3, 0.4) is 0 Å². The molecule has 0 aliphatic rings. The second kappa shape index (κ2) is 3.41. The van der Waals surface area contributed by atoms with Gasteiger partial charge in [0.2, 0.25) is 0 Å². The standard InChI is InChI=1S/C10H7F3OS/c1-6-9-3-2-8(14-10(11,12)13)4-7(9)5-15-6/h2-5H,1H3. The third kappa shape index (κ3) is 2.23. The third-order valence-electron chi connectivity index (χ3n) is 2.00. The van der Waals surface area contributed by atoms with Gasteiger partial charge in [0, 0.05) is 4.88 Å². The zero-order valence-electron chi connectivity index (χ0n) is 7.76. The number of rotatable bonds is 1. The first-order valence-electron chi connectivity index (χ1n) is 4.19. The summed E-state index contributed by atoms with van der Waals surface area (Å²) in [4.78, 5) is 1.09. The van der Waals surface area contributed by atoms with Crippen molar-refractivity contribution >= 4 is 22.1 Å². The van der Waals surface area contributed by atoms with Gasteiger partial charge >= 0.3 is 6.36 Å². The van der Waals surface area contributed by atoms with Crippen molar-refractivity contribution in [2.45, 2.75) is 13.3 Å². The molecule has 0 spiro atoms. The number of thiophene rings is 1. The molecule has 0 N–H and O–H groups in total. The van der Waals surface area contributed by atoms with E-state index < -0.39 is 6.36 Å². The molecular weight excluding hydrogens is 225 g/mol. The highest BCUT2D eigenvalue weighted by molar-refractivity contribution is 7.11. The minimum atomic E-state index is -4.63. The topological polar surface area (TPSA) is 9.23 Å². The van der Waals surface area contributed by atoms with E-state index in [-0.39, 0.29) is 5.75 Å². The molecule has 1 heterocycles. The fourth-order valence-corrected chi connectivity index (χ4v) is 2.18. The van der Waals surface area contributed by atoms with Gasteiger partial charge in [-0.2, -0.15) is 0 Å². The number of alkyl halides is 3. The van der Waals surface area contributed by atoms with Crippen LogP contribution in [0.15, 0.2) is 23.6 Å². The van der Waals surface area contributed by atoms with Crippen LogP contribution >= 0.6 is 11.3 Å². The van der Waals surface area contributed by atoms with Gasteiger partial charge in [-0.1, -0.05) is 0 Å². The van der Waals surface area contributed by atoms with Crippen LogP contribution in [-0.4, -0.2) is 6.36 Å². The highest BCUT2D eigenvalue weighted by Crippen LogP contribution is 2.30. The number of aryl methyl sites for hydroxylation is 1. The molecule has 1 aromatic heterocycles. The van der Waals surface area contributed by atoms with Crippen molar-refractivity contribution < 1.29 is 17.9 Å². The largest absolute Gasteiger partial charge is 0.573 e. The molecular formula is C10H7F3OS. The summed E-state index contributed by atoms with van der Waals surface area (Å²) in [5, 5.41) is 3.56. The maximum absolute atomic E-state index is 11.9. The van der Waals surface area contributed by atoms with Gasteiger partial charge in [-0.15, -0.1) is 24.5 Å². The van der Waals surface area contributed by atoms with E-state index in [0.717, 1.165) is 15.6 Å². The van der Waals surface area contributed by atoms with E-state index in [1.165, 1.54) is 23.5 Å². The summed E-state index contributed by atoms with van der Waals surface area (Å²) in [7, 11) is 0. The molecule has 0 unspecified atom stereocenters. The van der Waals surface area contributed by atoms with Gasteiger partial charge in [-0.3, -0.25) is 0 Å². The van der Waals surface area contributed by atoms with Crippen LogP contribution in [0.25, 0.3) is 10.8 Å². The van der Waals surface area contributed by atoms with Crippen LogP contribution in [-0.2, 0) is 0 Å². The lowest BCUT2D eigenvalue weighted by atomic mass is 10.2. The van der Waals surface area contributed by atoms with Crippen molar-refractivity contribution in [3.8, 4) is 5.75 Å². The van der Waals surface area contributed by atoms with Gasteiger partial charge in [-0.05, 0) is 41.3 Å². The number of ether oxygens (including phenoxy) is 1. The number of halogens is 3.